The normalized spacial score (nSPS) is 13.6. The maximum Gasteiger partial charge on any atom is 0.321 e. The summed E-state index contributed by atoms with van der Waals surface area (Å²) < 4.78 is 5.19. The highest BCUT2D eigenvalue weighted by Gasteiger charge is 2.22. The SMILES string of the molecule is C[C@@H](OC(=O)CCl)[C@@H](/C=C/C=C/C#N)CC(=O)c1ccccc1. The van der Waals surface area contributed by atoms with Gasteiger partial charge >= 0.3 is 5.97 Å². The summed E-state index contributed by atoms with van der Waals surface area (Å²) in [5.74, 6) is -1.12. The minimum absolute atomic E-state index is 0.0433. The zero-order valence-corrected chi connectivity index (χ0v) is 13.6. The second-order valence-corrected chi connectivity index (χ2v) is 5.13. The Morgan fingerprint density at radius 1 is 1.30 bits per heavy atom. The summed E-state index contributed by atoms with van der Waals surface area (Å²) in [4.78, 5) is 23.7. The fourth-order valence-electron chi connectivity index (χ4n) is 1.98. The van der Waals surface area contributed by atoms with Crippen molar-refractivity contribution in [1.29, 1.82) is 5.26 Å². The standard InChI is InChI=1S/C18H18ClNO3/c1-14(23-18(22)13-19)16(10-6-3-7-11-20)12-17(21)15-8-4-2-5-9-15/h2-10,14,16H,12-13H2,1H3/b7-3+,10-6+/t14-,16+/m1/s1. The average Bonchev–Trinajstić information content (AvgIpc) is 2.57. The van der Waals surface area contributed by atoms with Gasteiger partial charge in [0.25, 0.3) is 0 Å². The molecule has 4 nitrogen and oxygen atoms in total. The van der Waals surface area contributed by atoms with Crippen LogP contribution in [0.1, 0.15) is 23.7 Å². The number of ether oxygens (including phenoxy) is 1. The lowest BCUT2D eigenvalue weighted by Gasteiger charge is -2.20. The molecule has 0 aliphatic rings. The Hall–Kier alpha value is -2.38. The molecule has 0 aliphatic heterocycles. The second-order valence-electron chi connectivity index (χ2n) is 4.86. The number of hydrogen-bond acceptors (Lipinski definition) is 4. The Labute approximate surface area is 141 Å². The van der Waals surface area contributed by atoms with Crippen LogP contribution in [0.2, 0.25) is 0 Å². The van der Waals surface area contributed by atoms with E-state index in [-0.39, 0.29) is 24.0 Å². The number of ketones is 1. The van der Waals surface area contributed by atoms with Crippen LogP contribution in [0.25, 0.3) is 0 Å². The van der Waals surface area contributed by atoms with Crippen molar-refractivity contribution in [3.05, 3.63) is 60.2 Å². The molecule has 0 N–H and O–H groups in total. The van der Waals surface area contributed by atoms with E-state index >= 15 is 0 Å². The van der Waals surface area contributed by atoms with E-state index in [1.165, 1.54) is 6.08 Å². The lowest BCUT2D eigenvalue weighted by atomic mass is 9.93. The fourth-order valence-corrected chi connectivity index (χ4v) is 2.04. The molecule has 0 amide bonds. The minimum Gasteiger partial charge on any atom is -0.461 e. The Balaban J connectivity index is 2.83. The van der Waals surface area contributed by atoms with Gasteiger partial charge in [-0.15, -0.1) is 11.6 Å². The van der Waals surface area contributed by atoms with E-state index < -0.39 is 12.1 Å². The summed E-state index contributed by atoms with van der Waals surface area (Å²) in [6.07, 6.45) is 5.99. The Morgan fingerprint density at radius 3 is 2.61 bits per heavy atom. The molecule has 0 spiro atoms. The third-order valence-corrected chi connectivity index (χ3v) is 3.40. The highest BCUT2D eigenvalue weighted by Crippen LogP contribution is 2.18. The molecule has 5 heteroatoms. The topological polar surface area (TPSA) is 67.2 Å². The van der Waals surface area contributed by atoms with Crippen molar-refractivity contribution in [2.75, 3.05) is 5.88 Å². The largest absolute Gasteiger partial charge is 0.461 e. The van der Waals surface area contributed by atoms with Gasteiger partial charge < -0.3 is 4.74 Å². The lowest BCUT2D eigenvalue weighted by Crippen LogP contribution is -2.25. The molecular weight excluding hydrogens is 314 g/mol. The molecule has 0 fully saturated rings. The van der Waals surface area contributed by atoms with Gasteiger partial charge in [0.05, 0.1) is 6.07 Å². The number of rotatable bonds is 8. The smallest absolute Gasteiger partial charge is 0.321 e. The third-order valence-electron chi connectivity index (χ3n) is 3.19. The van der Waals surface area contributed by atoms with Gasteiger partial charge in [0, 0.05) is 24.0 Å². The minimum atomic E-state index is -0.530. The van der Waals surface area contributed by atoms with Crippen LogP contribution < -0.4 is 0 Å². The van der Waals surface area contributed by atoms with Crippen LogP contribution in [0.15, 0.2) is 54.6 Å². The predicted molar refractivity (Wildman–Crippen MR) is 89.0 cm³/mol. The van der Waals surface area contributed by atoms with Gasteiger partial charge in [0.1, 0.15) is 12.0 Å². The molecule has 1 aromatic rings. The van der Waals surface area contributed by atoms with Gasteiger partial charge in [-0.2, -0.15) is 5.26 Å². The van der Waals surface area contributed by atoms with Crippen LogP contribution in [0.5, 0.6) is 0 Å². The van der Waals surface area contributed by atoms with Crippen molar-refractivity contribution in [2.45, 2.75) is 19.4 Å². The summed E-state index contributed by atoms with van der Waals surface area (Å²) in [5.41, 5.74) is 0.606. The van der Waals surface area contributed by atoms with Crippen LogP contribution >= 0.6 is 11.6 Å². The van der Waals surface area contributed by atoms with E-state index in [9.17, 15) is 9.59 Å². The number of nitriles is 1. The monoisotopic (exact) mass is 331 g/mol. The van der Waals surface area contributed by atoms with Gasteiger partial charge in [-0.3, -0.25) is 9.59 Å². The van der Waals surface area contributed by atoms with E-state index in [1.807, 2.05) is 12.1 Å². The molecular formula is C18H18ClNO3. The summed E-state index contributed by atoms with van der Waals surface area (Å²) in [6, 6.07) is 10.8. The number of hydrogen-bond donors (Lipinski definition) is 0. The predicted octanol–water partition coefficient (Wildman–Crippen LogP) is 3.68. The van der Waals surface area contributed by atoms with E-state index in [0.29, 0.717) is 5.56 Å². The number of halogens is 1. The van der Waals surface area contributed by atoms with Crippen LogP contribution in [0, 0.1) is 17.2 Å². The maximum atomic E-state index is 12.3. The highest BCUT2D eigenvalue weighted by molar-refractivity contribution is 6.26. The van der Waals surface area contributed by atoms with Crippen molar-refractivity contribution < 1.29 is 14.3 Å². The lowest BCUT2D eigenvalue weighted by molar-refractivity contribution is -0.146. The number of esters is 1. The van der Waals surface area contributed by atoms with Gasteiger partial charge in [-0.25, -0.2) is 0 Å². The van der Waals surface area contributed by atoms with Crippen molar-refractivity contribution >= 4 is 23.4 Å². The quantitative estimate of drug-likeness (QED) is 0.239. The van der Waals surface area contributed by atoms with Crippen LogP contribution in [0.4, 0.5) is 0 Å². The molecule has 0 radical (unpaired) electrons. The van der Waals surface area contributed by atoms with Crippen LogP contribution in [-0.4, -0.2) is 23.7 Å². The number of nitrogens with zero attached hydrogens (tertiary/aromatic N) is 1. The number of carbonyl (C=O) groups excluding carboxylic acids is 2. The summed E-state index contributed by atoms with van der Waals surface area (Å²) in [6.45, 7) is 1.71. The first-order valence-electron chi connectivity index (χ1n) is 7.15. The molecule has 0 saturated heterocycles. The van der Waals surface area contributed by atoms with Gasteiger partial charge in [-0.1, -0.05) is 48.6 Å². The molecule has 0 aromatic heterocycles. The molecule has 0 unspecified atom stereocenters. The van der Waals surface area contributed by atoms with E-state index in [1.54, 1.807) is 49.4 Å². The Bertz CT molecular complexity index is 617. The highest BCUT2D eigenvalue weighted by atomic mass is 35.5. The average molecular weight is 332 g/mol. The molecule has 0 bridgehead atoms. The van der Waals surface area contributed by atoms with Crippen molar-refractivity contribution in [1.82, 2.24) is 0 Å². The van der Waals surface area contributed by atoms with E-state index in [2.05, 4.69) is 0 Å². The van der Waals surface area contributed by atoms with E-state index in [0.717, 1.165) is 0 Å². The number of benzene rings is 1. The second kappa shape index (κ2) is 10.4. The summed E-state index contributed by atoms with van der Waals surface area (Å²) in [5, 5.41) is 8.48. The maximum absolute atomic E-state index is 12.3. The third kappa shape index (κ3) is 6.94. The number of allylic oxidation sites excluding steroid dienone is 3. The van der Waals surface area contributed by atoms with Crippen LogP contribution in [-0.2, 0) is 9.53 Å². The number of alkyl halides is 1. The van der Waals surface area contributed by atoms with Gasteiger partial charge in [0.15, 0.2) is 5.78 Å². The molecule has 0 saturated carbocycles. The molecule has 0 heterocycles. The van der Waals surface area contributed by atoms with Crippen molar-refractivity contribution in [3.63, 3.8) is 0 Å². The molecule has 1 rings (SSSR count). The zero-order valence-electron chi connectivity index (χ0n) is 12.8. The van der Waals surface area contributed by atoms with E-state index in [4.69, 9.17) is 21.6 Å². The Morgan fingerprint density at radius 2 is 2.00 bits per heavy atom. The summed E-state index contributed by atoms with van der Waals surface area (Å²) in [7, 11) is 0. The first-order chi connectivity index (χ1) is 11.1. The first-order valence-corrected chi connectivity index (χ1v) is 7.68. The first kappa shape index (κ1) is 18.7. The van der Waals surface area contributed by atoms with Gasteiger partial charge in [0.2, 0.25) is 0 Å². The fraction of sp³-hybridized carbons (Fsp3) is 0.278. The number of Topliss-reactive ketones (excluding diaryl/α,β-unsaturated/α-hetero) is 1. The Kier molecular flexibility index (Phi) is 8.41. The zero-order chi connectivity index (χ0) is 17.1. The molecule has 2 atom stereocenters. The molecule has 23 heavy (non-hydrogen) atoms. The summed E-state index contributed by atoms with van der Waals surface area (Å²) >= 11 is 5.44. The van der Waals surface area contributed by atoms with Gasteiger partial charge in [-0.05, 0) is 6.92 Å². The molecule has 0 aliphatic carbocycles. The molecule has 120 valence electrons. The van der Waals surface area contributed by atoms with Crippen LogP contribution in [0.3, 0.4) is 0 Å². The molecule has 1 aromatic carbocycles. The van der Waals surface area contributed by atoms with Crippen molar-refractivity contribution in [3.8, 4) is 6.07 Å². The number of carbonyl (C=O) groups is 2. The van der Waals surface area contributed by atoms with Crippen molar-refractivity contribution in [2.24, 2.45) is 5.92 Å².